The van der Waals surface area contributed by atoms with Crippen molar-refractivity contribution in [3.05, 3.63) is 53.8 Å². The Morgan fingerprint density at radius 3 is 2.47 bits per heavy atom. The first-order valence-corrected chi connectivity index (χ1v) is 5.89. The Morgan fingerprint density at radius 1 is 1.11 bits per heavy atom. The summed E-state index contributed by atoms with van der Waals surface area (Å²) in [6.45, 7) is 1.58. The van der Waals surface area contributed by atoms with Crippen LogP contribution in [-0.4, -0.2) is 12.2 Å². The summed E-state index contributed by atoms with van der Waals surface area (Å²) >= 11 is 0. The van der Waals surface area contributed by atoms with Crippen LogP contribution in [0.2, 0.25) is 0 Å². The third-order valence-corrected chi connectivity index (χ3v) is 2.71. The summed E-state index contributed by atoms with van der Waals surface area (Å²) < 4.78 is 24.3. The van der Waals surface area contributed by atoms with Crippen LogP contribution < -0.4 is 9.47 Å². The normalized spacial score (nSPS) is 12.0. The van der Waals surface area contributed by atoms with E-state index in [2.05, 4.69) is 0 Å². The van der Waals surface area contributed by atoms with Crippen LogP contribution in [0.1, 0.15) is 18.6 Å². The molecule has 4 heteroatoms. The Labute approximate surface area is 111 Å². The van der Waals surface area contributed by atoms with Crippen LogP contribution in [0.5, 0.6) is 17.2 Å². The van der Waals surface area contributed by atoms with Crippen molar-refractivity contribution in [2.45, 2.75) is 13.0 Å². The number of hydrogen-bond donors (Lipinski definition) is 1. The highest BCUT2D eigenvalue weighted by molar-refractivity contribution is 5.38. The first-order chi connectivity index (χ1) is 9.10. The molecule has 0 aliphatic carbocycles. The molecule has 0 fully saturated rings. The molecule has 0 aliphatic heterocycles. The standard InChI is InChI=1S/C15H15FO3/c1-10(17)11-6-7-15(14(16)8-11)19-13-5-3-4-12(9-13)18-2/h3-10,17H,1-2H3/t10-/m0/s1. The molecule has 2 aromatic rings. The molecule has 0 amide bonds. The first-order valence-electron chi connectivity index (χ1n) is 5.89. The van der Waals surface area contributed by atoms with Crippen molar-refractivity contribution in [2.75, 3.05) is 7.11 Å². The van der Waals surface area contributed by atoms with Crippen molar-refractivity contribution in [3.63, 3.8) is 0 Å². The topological polar surface area (TPSA) is 38.7 Å². The van der Waals surface area contributed by atoms with Crippen LogP contribution in [0.3, 0.4) is 0 Å². The Bertz CT molecular complexity index is 567. The van der Waals surface area contributed by atoms with Gasteiger partial charge >= 0.3 is 0 Å². The third kappa shape index (κ3) is 3.23. The van der Waals surface area contributed by atoms with Crippen LogP contribution in [0.15, 0.2) is 42.5 Å². The van der Waals surface area contributed by atoms with E-state index >= 15 is 0 Å². The van der Waals surface area contributed by atoms with E-state index in [4.69, 9.17) is 9.47 Å². The molecule has 0 radical (unpaired) electrons. The maximum absolute atomic E-state index is 13.8. The minimum atomic E-state index is -0.708. The predicted octanol–water partition coefficient (Wildman–Crippen LogP) is 3.68. The maximum Gasteiger partial charge on any atom is 0.166 e. The summed E-state index contributed by atoms with van der Waals surface area (Å²) in [5.74, 6) is 0.723. The minimum Gasteiger partial charge on any atom is -0.497 e. The molecule has 0 saturated heterocycles. The van der Waals surface area contributed by atoms with Gasteiger partial charge in [-0.3, -0.25) is 0 Å². The number of ether oxygens (including phenoxy) is 2. The molecule has 1 N–H and O–H groups in total. The number of aliphatic hydroxyl groups excluding tert-OH is 1. The summed E-state index contributed by atoms with van der Waals surface area (Å²) in [4.78, 5) is 0. The van der Waals surface area contributed by atoms with E-state index < -0.39 is 11.9 Å². The number of halogens is 1. The fraction of sp³-hybridized carbons (Fsp3) is 0.200. The van der Waals surface area contributed by atoms with Gasteiger partial charge in [-0.15, -0.1) is 0 Å². The van der Waals surface area contributed by atoms with Crippen molar-refractivity contribution in [2.24, 2.45) is 0 Å². The van der Waals surface area contributed by atoms with Gasteiger partial charge < -0.3 is 14.6 Å². The molecule has 0 spiro atoms. The molecule has 100 valence electrons. The second-order valence-corrected chi connectivity index (χ2v) is 4.15. The summed E-state index contributed by atoms with van der Waals surface area (Å²) in [5, 5.41) is 9.37. The smallest absolute Gasteiger partial charge is 0.166 e. The van der Waals surface area contributed by atoms with Crippen molar-refractivity contribution < 1.29 is 19.0 Å². The first kappa shape index (κ1) is 13.4. The zero-order chi connectivity index (χ0) is 13.8. The molecule has 2 rings (SSSR count). The molecule has 2 aromatic carbocycles. The number of aliphatic hydroxyl groups is 1. The summed E-state index contributed by atoms with van der Waals surface area (Å²) in [5.41, 5.74) is 0.510. The Morgan fingerprint density at radius 2 is 1.84 bits per heavy atom. The van der Waals surface area contributed by atoms with Gasteiger partial charge in [-0.05, 0) is 36.8 Å². The lowest BCUT2D eigenvalue weighted by atomic mass is 10.1. The van der Waals surface area contributed by atoms with Crippen LogP contribution in [-0.2, 0) is 0 Å². The van der Waals surface area contributed by atoms with Gasteiger partial charge in [-0.1, -0.05) is 12.1 Å². The van der Waals surface area contributed by atoms with Crippen molar-refractivity contribution in [3.8, 4) is 17.2 Å². The van der Waals surface area contributed by atoms with E-state index in [0.29, 0.717) is 17.1 Å². The van der Waals surface area contributed by atoms with Gasteiger partial charge in [-0.25, -0.2) is 4.39 Å². The second kappa shape index (κ2) is 5.71. The molecule has 0 aliphatic rings. The fourth-order valence-electron chi connectivity index (χ4n) is 1.65. The molecule has 0 heterocycles. The van der Waals surface area contributed by atoms with Crippen LogP contribution in [0.4, 0.5) is 4.39 Å². The predicted molar refractivity (Wildman–Crippen MR) is 70.1 cm³/mol. The lowest BCUT2D eigenvalue weighted by Crippen LogP contribution is -1.94. The number of hydrogen-bond acceptors (Lipinski definition) is 3. The van der Waals surface area contributed by atoms with Gasteiger partial charge in [0.1, 0.15) is 11.5 Å². The van der Waals surface area contributed by atoms with Crippen molar-refractivity contribution in [1.29, 1.82) is 0 Å². The average Bonchev–Trinajstić information content (AvgIpc) is 2.41. The van der Waals surface area contributed by atoms with Crippen molar-refractivity contribution in [1.82, 2.24) is 0 Å². The zero-order valence-electron chi connectivity index (χ0n) is 10.8. The molecular formula is C15H15FO3. The molecule has 19 heavy (non-hydrogen) atoms. The van der Waals surface area contributed by atoms with Gasteiger partial charge in [0.2, 0.25) is 0 Å². The van der Waals surface area contributed by atoms with Gasteiger partial charge in [0.15, 0.2) is 11.6 Å². The number of rotatable bonds is 4. The summed E-state index contributed by atoms with van der Waals surface area (Å²) in [7, 11) is 1.55. The minimum absolute atomic E-state index is 0.109. The van der Waals surface area contributed by atoms with Gasteiger partial charge in [0.25, 0.3) is 0 Å². The van der Waals surface area contributed by atoms with Gasteiger partial charge in [0.05, 0.1) is 13.2 Å². The van der Waals surface area contributed by atoms with Gasteiger partial charge in [-0.2, -0.15) is 0 Å². The Kier molecular flexibility index (Phi) is 4.02. The van der Waals surface area contributed by atoms with E-state index in [1.807, 2.05) is 0 Å². The lowest BCUT2D eigenvalue weighted by molar-refractivity contribution is 0.198. The molecule has 0 aromatic heterocycles. The highest BCUT2D eigenvalue weighted by Crippen LogP contribution is 2.28. The largest absolute Gasteiger partial charge is 0.497 e. The number of benzene rings is 2. The zero-order valence-corrected chi connectivity index (χ0v) is 10.8. The maximum atomic E-state index is 13.8. The number of methoxy groups -OCH3 is 1. The third-order valence-electron chi connectivity index (χ3n) is 2.71. The van der Waals surface area contributed by atoms with E-state index in [-0.39, 0.29) is 5.75 Å². The highest BCUT2D eigenvalue weighted by atomic mass is 19.1. The van der Waals surface area contributed by atoms with E-state index in [1.165, 1.54) is 12.1 Å². The van der Waals surface area contributed by atoms with Crippen molar-refractivity contribution >= 4 is 0 Å². The molecule has 1 atom stereocenters. The SMILES string of the molecule is COc1cccc(Oc2ccc([C@H](C)O)cc2F)c1. The van der Waals surface area contributed by atoms with Crippen LogP contribution >= 0.6 is 0 Å². The van der Waals surface area contributed by atoms with Crippen LogP contribution in [0.25, 0.3) is 0 Å². The average molecular weight is 262 g/mol. The molecular weight excluding hydrogens is 247 g/mol. The lowest BCUT2D eigenvalue weighted by Gasteiger charge is -2.10. The summed E-state index contributed by atoms with van der Waals surface area (Å²) in [6, 6.07) is 11.3. The summed E-state index contributed by atoms with van der Waals surface area (Å²) in [6.07, 6.45) is -0.708. The van der Waals surface area contributed by atoms with E-state index in [0.717, 1.165) is 0 Å². The molecule has 0 bridgehead atoms. The second-order valence-electron chi connectivity index (χ2n) is 4.15. The molecule has 3 nitrogen and oxygen atoms in total. The Balaban J connectivity index is 2.23. The highest BCUT2D eigenvalue weighted by Gasteiger charge is 2.09. The van der Waals surface area contributed by atoms with E-state index in [1.54, 1.807) is 44.4 Å². The molecule has 0 unspecified atom stereocenters. The monoisotopic (exact) mass is 262 g/mol. The van der Waals surface area contributed by atoms with Crippen LogP contribution in [0, 0.1) is 5.82 Å². The quantitative estimate of drug-likeness (QED) is 0.913. The molecule has 0 saturated carbocycles. The fourth-order valence-corrected chi connectivity index (χ4v) is 1.65. The van der Waals surface area contributed by atoms with Gasteiger partial charge in [0, 0.05) is 6.07 Å². The Hall–Kier alpha value is -2.07. The van der Waals surface area contributed by atoms with E-state index in [9.17, 15) is 9.50 Å².